The normalized spacial score (nSPS) is 17.1. The fourth-order valence-electron chi connectivity index (χ4n) is 3.08. The number of aromatic nitrogens is 2. The van der Waals surface area contributed by atoms with Gasteiger partial charge in [-0.05, 0) is 36.2 Å². The molecule has 22 heavy (non-hydrogen) atoms. The van der Waals surface area contributed by atoms with Gasteiger partial charge in [0.2, 0.25) is 5.95 Å². The molecular weight excluding hydrogens is 308 g/mol. The van der Waals surface area contributed by atoms with Crippen LogP contribution >= 0.6 is 12.4 Å². The van der Waals surface area contributed by atoms with Gasteiger partial charge >= 0.3 is 0 Å². The lowest BCUT2D eigenvalue weighted by atomic mass is 9.95. The van der Waals surface area contributed by atoms with E-state index in [0.29, 0.717) is 5.56 Å². The van der Waals surface area contributed by atoms with E-state index < -0.39 is 5.95 Å². The number of halogens is 3. The van der Waals surface area contributed by atoms with Crippen molar-refractivity contribution in [1.82, 2.24) is 15.3 Å². The zero-order valence-corrected chi connectivity index (χ0v) is 12.4. The summed E-state index contributed by atoms with van der Waals surface area (Å²) in [5.41, 5.74) is 3.33. The molecule has 4 rings (SSSR count). The minimum absolute atomic E-state index is 0. The Kier molecular flexibility index (Phi) is 3.85. The van der Waals surface area contributed by atoms with Crippen molar-refractivity contribution in [2.24, 2.45) is 0 Å². The summed E-state index contributed by atoms with van der Waals surface area (Å²) in [5, 5.41) is 4.18. The molecule has 1 unspecified atom stereocenters. The van der Waals surface area contributed by atoms with E-state index in [1.54, 1.807) is 18.2 Å². The van der Waals surface area contributed by atoms with E-state index in [1.807, 2.05) is 0 Å². The Morgan fingerprint density at radius 3 is 2.86 bits per heavy atom. The van der Waals surface area contributed by atoms with Crippen LogP contribution in [0.5, 0.6) is 0 Å². The molecule has 114 valence electrons. The SMILES string of the molecule is Cl.Fc1ccc2[nH]c3c(c2c1)CCNC3c1cccnc1F. The van der Waals surface area contributed by atoms with E-state index in [2.05, 4.69) is 15.3 Å². The first-order chi connectivity index (χ1) is 10.2. The molecule has 3 aromatic rings. The Morgan fingerprint density at radius 2 is 2.05 bits per heavy atom. The highest BCUT2D eigenvalue weighted by Crippen LogP contribution is 2.34. The molecule has 1 atom stereocenters. The molecule has 0 amide bonds. The van der Waals surface area contributed by atoms with E-state index in [9.17, 15) is 8.78 Å². The predicted molar refractivity (Wildman–Crippen MR) is 83.2 cm³/mol. The van der Waals surface area contributed by atoms with Crippen molar-refractivity contribution in [1.29, 1.82) is 0 Å². The number of fused-ring (bicyclic) bond motifs is 3. The Morgan fingerprint density at radius 1 is 1.18 bits per heavy atom. The summed E-state index contributed by atoms with van der Waals surface area (Å²) in [7, 11) is 0. The molecule has 1 aliphatic heterocycles. The number of nitrogens with one attached hydrogen (secondary N) is 2. The summed E-state index contributed by atoms with van der Waals surface area (Å²) in [5.74, 6) is -0.736. The van der Waals surface area contributed by atoms with Crippen LogP contribution in [0.1, 0.15) is 22.9 Å². The number of pyridine rings is 1. The molecule has 0 radical (unpaired) electrons. The second-order valence-corrected chi connectivity index (χ2v) is 5.23. The van der Waals surface area contributed by atoms with E-state index in [0.717, 1.165) is 35.1 Å². The molecule has 1 aromatic carbocycles. The van der Waals surface area contributed by atoms with Gasteiger partial charge < -0.3 is 10.3 Å². The molecule has 3 nitrogen and oxygen atoms in total. The number of aromatic amines is 1. The van der Waals surface area contributed by atoms with E-state index in [4.69, 9.17) is 0 Å². The van der Waals surface area contributed by atoms with Gasteiger partial charge in [-0.15, -0.1) is 12.4 Å². The van der Waals surface area contributed by atoms with Crippen LogP contribution in [0, 0.1) is 11.8 Å². The van der Waals surface area contributed by atoms with Crippen molar-refractivity contribution in [3.05, 3.63) is 65.1 Å². The van der Waals surface area contributed by atoms with Gasteiger partial charge in [0.25, 0.3) is 0 Å². The maximum absolute atomic E-state index is 14.0. The van der Waals surface area contributed by atoms with Gasteiger partial charge in [0, 0.05) is 34.9 Å². The van der Waals surface area contributed by atoms with Gasteiger partial charge in [-0.3, -0.25) is 0 Å². The minimum Gasteiger partial charge on any atom is -0.357 e. The molecule has 0 bridgehead atoms. The van der Waals surface area contributed by atoms with Crippen LogP contribution in [-0.2, 0) is 6.42 Å². The Labute approximate surface area is 132 Å². The number of nitrogens with zero attached hydrogens (tertiary/aromatic N) is 1. The third-order valence-electron chi connectivity index (χ3n) is 4.01. The van der Waals surface area contributed by atoms with Crippen molar-refractivity contribution in [2.45, 2.75) is 12.5 Å². The fraction of sp³-hybridized carbons (Fsp3) is 0.188. The van der Waals surface area contributed by atoms with E-state index >= 15 is 0 Å². The lowest BCUT2D eigenvalue weighted by molar-refractivity contribution is 0.504. The van der Waals surface area contributed by atoms with Gasteiger partial charge in [-0.1, -0.05) is 6.07 Å². The monoisotopic (exact) mass is 321 g/mol. The van der Waals surface area contributed by atoms with E-state index in [1.165, 1.54) is 18.3 Å². The Balaban J connectivity index is 0.00000144. The number of rotatable bonds is 1. The average Bonchev–Trinajstić information content (AvgIpc) is 2.86. The van der Waals surface area contributed by atoms with Gasteiger partial charge in [0.05, 0.1) is 6.04 Å². The smallest absolute Gasteiger partial charge is 0.218 e. The molecule has 0 aliphatic carbocycles. The van der Waals surface area contributed by atoms with Crippen molar-refractivity contribution in [3.8, 4) is 0 Å². The Bertz CT molecular complexity index is 831. The third-order valence-corrected chi connectivity index (χ3v) is 4.01. The van der Waals surface area contributed by atoms with Crippen molar-refractivity contribution in [2.75, 3.05) is 6.54 Å². The van der Waals surface area contributed by atoms with Gasteiger partial charge in [-0.25, -0.2) is 9.37 Å². The molecule has 2 N–H and O–H groups in total. The van der Waals surface area contributed by atoms with Crippen molar-refractivity contribution in [3.63, 3.8) is 0 Å². The quantitative estimate of drug-likeness (QED) is 0.674. The molecule has 1 aliphatic rings. The molecule has 3 heterocycles. The molecular formula is C16H14ClF2N3. The average molecular weight is 322 g/mol. The van der Waals surface area contributed by atoms with Crippen LogP contribution in [0.2, 0.25) is 0 Å². The summed E-state index contributed by atoms with van der Waals surface area (Å²) in [6.45, 7) is 0.718. The molecule has 0 fully saturated rings. The van der Waals surface area contributed by atoms with Crippen LogP contribution in [0.3, 0.4) is 0 Å². The Hall–Kier alpha value is -1.98. The summed E-state index contributed by atoms with van der Waals surface area (Å²) in [6, 6.07) is 7.85. The molecule has 2 aromatic heterocycles. The van der Waals surface area contributed by atoms with Gasteiger partial charge in [0.15, 0.2) is 0 Å². The highest BCUT2D eigenvalue weighted by molar-refractivity contribution is 5.86. The van der Waals surface area contributed by atoms with Crippen molar-refractivity contribution < 1.29 is 8.78 Å². The first-order valence-electron chi connectivity index (χ1n) is 6.88. The number of hydrogen-bond acceptors (Lipinski definition) is 2. The molecule has 0 spiro atoms. The third kappa shape index (κ3) is 2.26. The lowest BCUT2D eigenvalue weighted by Gasteiger charge is -2.24. The van der Waals surface area contributed by atoms with E-state index in [-0.39, 0.29) is 24.3 Å². The molecule has 6 heteroatoms. The minimum atomic E-state index is -0.479. The summed E-state index contributed by atoms with van der Waals surface area (Å²) >= 11 is 0. The highest BCUT2D eigenvalue weighted by atomic mass is 35.5. The molecule has 0 saturated heterocycles. The maximum Gasteiger partial charge on any atom is 0.218 e. The second kappa shape index (κ2) is 5.66. The van der Waals surface area contributed by atoms with Crippen LogP contribution < -0.4 is 5.32 Å². The highest BCUT2D eigenvalue weighted by Gasteiger charge is 2.27. The van der Waals surface area contributed by atoms with Gasteiger partial charge in [0.1, 0.15) is 5.82 Å². The number of benzene rings is 1. The zero-order valence-electron chi connectivity index (χ0n) is 11.6. The first-order valence-corrected chi connectivity index (χ1v) is 6.88. The lowest BCUT2D eigenvalue weighted by Crippen LogP contribution is -2.31. The summed E-state index contributed by atoms with van der Waals surface area (Å²) in [6.07, 6.45) is 2.22. The van der Waals surface area contributed by atoms with Crippen LogP contribution in [0.4, 0.5) is 8.78 Å². The zero-order chi connectivity index (χ0) is 14.4. The maximum atomic E-state index is 14.0. The standard InChI is InChI=1S/C16H13F2N3.ClH/c17-9-3-4-13-12(8-9)10-5-7-19-14(15(10)21-13)11-2-1-6-20-16(11)18;/h1-4,6,8,14,19,21H,5,7H2;1H. The fourth-order valence-corrected chi connectivity index (χ4v) is 3.08. The van der Waals surface area contributed by atoms with Crippen LogP contribution in [0.25, 0.3) is 10.9 Å². The predicted octanol–water partition coefficient (Wildman–Crippen LogP) is 3.50. The summed E-state index contributed by atoms with van der Waals surface area (Å²) in [4.78, 5) is 7.01. The number of H-pyrrole nitrogens is 1. The second-order valence-electron chi connectivity index (χ2n) is 5.23. The first kappa shape index (κ1) is 14.9. The molecule has 0 saturated carbocycles. The van der Waals surface area contributed by atoms with Crippen LogP contribution in [0.15, 0.2) is 36.5 Å². The van der Waals surface area contributed by atoms with Gasteiger partial charge in [-0.2, -0.15) is 4.39 Å². The largest absolute Gasteiger partial charge is 0.357 e. The number of hydrogen-bond donors (Lipinski definition) is 2. The van der Waals surface area contributed by atoms with Crippen molar-refractivity contribution >= 4 is 23.3 Å². The van der Waals surface area contributed by atoms with Crippen LogP contribution in [-0.4, -0.2) is 16.5 Å². The topological polar surface area (TPSA) is 40.7 Å². The summed E-state index contributed by atoms with van der Waals surface area (Å²) < 4.78 is 27.4.